The second-order valence-corrected chi connectivity index (χ2v) is 3.98. The van der Waals surface area contributed by atoms with E-state index in [0.29, 0.717) is 23.7 Å². The number of hydrogen-bond donors (Lipinski definition) is 0. The van der Waals surface area contributed by atoms with Gasteiger partial charge >= 0.3 is 0 Å². The lowest BCUT2D eigenvalue weighted by atomic mass is 10.1. The van der Waals surface area contributed by atoms with E-state index in [9.17, 15) is 4.79 Å². The number of carbonyl (C=O) groups excluding carboxylic acids is 1. The molecular weight excluding hydrogens is 284 g/mol. The molecule has 17 heavy (non-hydrogen) atoms. The normalized spacial score (nSPS) is 10.5. The van der Waals surface area contributed by atoms with Crippen LogP contribution in [0.25, 0.3) is 0 Å². The van der Waals surface area contributed by atoms with E-state index < -0.39 is 0 Å². The average molecular weight is 299 g/mol. The Morgan fingerprint density at radius 2 is 2.18 bits per heavy atom. The van der Waals surface area contributed by atoms with Crippen molar-refractivity contribution in [3.05, 3.63) is 35.9 Å². The number of ketones is 1. The average Bonchev–Trinajstić information content (AvgIpc) is 2.34. The second-order valence-electron chi connectivity index (χ2n) is 3.33. The number of halogens is 1. The van der Waals surface area contributed by atoms with Crippen LogP contribution in [-0.4, -0.2) is 24.8 Å². The zero-order valence-electron chi connectivity index (χ0n) is 9.90. The van der Waals surface area contributed by atoms with E-state index in [1.54, 1.807) is 25.3 Å². The summed E-state index contributed by atoms with van der Waals surface area (Å²) in [7, 11) is 1.56. The minimum atomic E-state index is -0.0385. The first-order valence-corrected chi connectivity index (χ1v) is 6.34. The largest absolute Gasteiger partial charge is 0.493 e. The summed E-state index contributed by atoms with van der Waals surface area (Å²) in [5, 5.41) is 0.780. The zero-order valence-corrected chi connectivity index (χ0v) is 11.5. The minimum Gasteiger partial charge on any atom is -0.493 e. The zero-order chi connectivity index (χ0) is 12.7. The van der Waals surface area contributed by atoms with Crippen molar-refractivity contribution < 1.29 is 14.3 Å². The van der Waals surface area contributed by atoms with E-state index in [-0.39, 0.29) is 5.78 Å². The third-order valence-electron chi connectivity index (χ3n) is 2.16. The molecule has 1 aromatic carbocycles. The van der Waals surface area contributed by atoms with E-state index in [1.165, 1.54) is 6.92 Å². The van der Waals surface area contributed by atoms with Crippen molar-refractivity contribution in [1.82, 2.24) is 0 Å². The maximum atomic E-state index is 11.5. The van der Waals surface area contributed by atoms with Gasteiger partial charge in [-0.15, -0.1) is 0 Å². The lowest BCUT2D eigenvalue weighted by Crippen LogP contribution is -2.03. The van der Waals surface area contributed by atoms with Crippen molar-refractivity contribution in [1.29, 1.82) is 0 Å². The predicted molar refractivity (Wildman–Crippen MR) is 71.4 cm³/mol. The fraction of sp³-hybridized carbons (Fsp3) is 0.308. The van der Waals surface area contributed by atoms with Crippen molar-refractivity contribution >= 4 is 21.7 Å². The van der Waals surface area contributed by atoms with Crippen LogP contribution in [0.2, 0.25) is 0 Å². The van der Waals surface area contributed by atoms with Gasteiger partial charge in [0.1, 0.15) is 6.61 Å². The van der Waals surface area contributed by atoms with Crippen LogP contribution in [0.5, 0.6) is 11.5 Å². The van der Waals surface area contributed by atoms with Gasteiger partial charge in [0.2, 0.25) is 0 Å². The Labute approximate surface area is 110 Å². The summed E-state index contributed by atoms with van der Waals surface area (Å²) in [4.78, 5) is 11.5. The van der Waals surface area contributed by atoms with Gasteiger partial charge in [-0.05, 0) is 19.1 Å². The van der Waals surface area contributed by atoms with Crippen molar-refractivity contribution in [2.45, 2.75) is 6.92 Å². The van der Waals surface area contributed by atoms with Crippen LogP contribution in [0.1, 0.15) is 17.3 Å². The van der Waals surface area contributed by atoms with Gasteiger partial charge in [0, 0.05) is 5.33 Å². The smallest absolute Gasteiger partial charge is 0.172 e. The van der Waals surface area contributed by atoms with E-state index in [2.05, 4.69) is 15.9 Å². The summed E-state index contributed by atoms with van der Waals surface area (Å²) in [6.45, 7) is 1.92. The summed E-state index contributed by atoms with van der Waals surface area (Å²) in [5.74, 6) is 1.04. The Morgan fingerprint density at radius 1 is 1.41 bits per heavy atom. The Kier molecular flexibility index (Phi) is 5.77. The Morgan fingerprint density at radius 3 is 2.76 bits per heavy atom. The maximum Gasteiger partial charge on any atom is 0.172 e. The molecule has 0 aliphatic heterocycles. The second kappa shape index (κ2) is 7.12. The fourth-order valence-corrected chi connectivity index (χ4v) is 1.63. The number of hydrogen-bond acceptors (Lipinski definition) is 3. The first kappa shape index (κ1) is 13.8. The quantitative estimate of drug-likeness (QED) is 0.459. The van der Waals surface area contributed by atoms with Gasteiger partial charge in [-0.25, -0.2) is 0 Å². The minimum absolute atomic E-state index is 0.0385. The molecule has 0 unspecified atom stereocenters. The van der Waals surface area contributed by atoms with Crippen LogP contribution in [0.3, 0.4) is 0 Å². The molecule has 0 saturated carbocycles. The molecule has 0 heterocycles. The molecule has 0 fully saturated rings. The van der Waals surface area contributed by atoms with E-state index in [4.69, 9.17) is 9.47 Å². The number of carbonyl (C=O) groups is 1. The van der Waals surface area contributed by atoms with Crippen molar-refractivity contribution in [2.75, 3.05) is 19.0 Å². The molecule has 0 aromatic heterocycles. The molecule has 92 valence electrons. The molecule has 0 N–H and O–H groups in total. The van der Waals surface area contributed by atoms with Gasteiger partial charge in [-0.1, -0.05) is 34.1 Å². The first-order valence-electron chi connectivity index (χ1n) is 5.22. The molecule has 3 nitrogen and oxygen atoms in total. The van der Waals surface area contributed by atoms with Crippen LogP contribution < -0.4 is 9.47 Å². The predicted octanol–water partition coefficient (Wildman–Crippen LogP) is 3.23. The molecule has 0 aliphatic rings. The van der Waals surface area contributed by atoms with Crippen molar-refractivity contribution in [3.63, 3.8) is 0 Å². The number of benzene rings is 1. The number of para-hydroxylation sites is 1. The summed E-state index contributed by atoms with van der Waals surface area (Å²) >= 11 is 3.28. The summed E-state index contributed by atoms with van der Waals surface area (Å²) in [6.07, 6.45) is 3.81. The third-order valence-corrected chi connectivity index (χ3v) is 2.53. The van der Waals surface area contributed by atoms with Gasteiger partial charge in [-0.2, -0.15) is 0 Å². The van der Waals surface area contributed by atoms with Gasteiger partial charge in [0.15, 0.2) is 17.3 Å². The highest BCUT2D eigenvalue weighted by Gasteiger charge is 2.13. The Bertz CT molecular complexity index is 413. The highest BCUT2D eigenvalue weighted by Crippen LogP contribution is 2.31. The Hall–Kier alpha value is -1.29. The number of allylic oxidation sites excluding steroid dienone is 1. The van der Waals surface area contributed by atoms with Crippen molar-refractivity contribution in [2.24, 2.45) is 0 Å². The van der Waals surface area contributed by atoms with Crippen LogP contribution in [0.4, 0.5) is 0 Å². The highest BCUT2D eigenvalue weighted by atomic mass is 79.9. The Balaban J connectivity index is 2.93. The molecule has 0 spiro atoms. The summed E-state index contributed by atoms with van der Waals surface area (Å²) in [6, 6.07) is 5.28. The van der Waals surface area contributed by atoms with E-state index in [1.807, 2.05) is 12.2 Å². The number of Topliss-reactive ketones (excluding diaryl/α,β-unsaturated/α-hetero) is 1. The first-order chi connectivity index (χ1) is 8.20. The number of methoxy groups -OCH3 is 1. The third kappa shape index (κ3) is 3.89. The molecule has 0 saturated heterocycles. The molecule has 1 aromatic rings. The summed E-state index contributed by atoms with van der Waals surface area (Å²) in [5.41, 5.74) is 0.539. The molecule has 1 rings (SSSR count). The monoisotopic (exact) mass is 298 g/mol. The topological polar surface area (TPSA) is 35.5 Å². The number of ether oxygens (including phenoxy) is 2. The van der Waals surface area contributed by atoms with Gasteiger partial charge in [-0.3, -0.25) is 4.79 Å². The SMILES string of the molecule is COc1cccc(C(C)=O)c1OC/C=C/CBr. The molecule has 0 bridgehead atoms. The van der Waals surface area contributed by atoms with Gasteiger partial charge in [0.05, 0.1) is 12.7 Å². The fourth-order valence-electron chi connectivity index (χ4n) is 1.37. The molecular formula is C13H15BrO3. The van der Waals surface area contributed by atoms with Crippen LogP contribution in [-0.2, 0) is 0 Å². The van der Waals surface area contributed by atoms with Crippen LogP contribution in [0, 0.1) is 0 Å². The lowest BCUT2D eigenvalue weighted by Gasteiger charge is -2.12. The van der Waals surface area contributed by atoms with Gasteiger partial charge in [0.25, 0.3) is 0 Å². The van der Waals surface area contributed by atoms with Crippen LogP contribution in [0.15, 0.2) is 30.4 Å². The molecule has 0 aliphatic carbocycles. The number of rotatable bonds is 6. The van der Waals surface area contributed by atoms with Crippen molar-refractivity contribution in [3.8, 4) is 11.5 Å². The highest BCUT2D eigenvalue weighted by molar-refractivity contribution is 9.09. The standard InChI is InChI=1S/C13H15BrO3/c1-10(15)11-6-5-7-12(16-2)13(11)17-9-4-3-8-14/h3-7H,8-9H2,1-2H3/b4-3+. The number of alkyl halides is 1. The molecule has 0 atom stereocenters. The van der Waals surface area contributed by atoms with Gasteiger partial charge < -0.3 is 9.47 Å². The molecule has 0 radical (unpaired) electrons. The van der Waals surface area contributed by atoms with E-state index >= 15 is 0 Å². The summed E-state index contributed by atoms with van der Waals surface area (Å²) < 4.78 is 10.8. The lowest BCUT2D eigenvalue weighted by molar-refractivity contribution is 0.101. The molecule has 0 amide bonds. The molecule has 4 heteroatoms. The van der Waals surface area contributed by atoms with Crippen LogP contribution >= 0.6 is 15.9 Å². The maximum absolute atomic E-state index is 11.5. The van der Waals surface area contributed by atoms with E-state index in [0.717, 1.165) is 5.33 Å².